The monoisotopic (exact) mass is 185 g/mol. The first-order chi connectivity index (χ1) is 6.13. The van der Waals surface area contributed by atoms with Crippen LogP contribution in [0.2, 0.25) is 0 Å². The van der Waals surface area contributed by atoms with Gasteiger partial charge in [0.25, 0.3) is 0 Å². The average molecular weight is 185 g/mol. The van der Waals surface area contributed by atoms with Crippen molar-refractivity contribution in [3.8, 4) is 0 Å². The van der Waals surface area contributed by atoms with Crippen molar-refractivity contribution < 1.29 is 5.11 Å². The minimum atomic E-state index is -0.208. The molecule has 0 spiro atoms. The van der Waals surface area contributed by atoms with Gasteiger partial charge in [0.15, 0.2) is 0 Å². The van der Waals surface area contributed by atoms with Crippen LogP contribution in [-0.2, 0) is 0 Å². The van der Waals surface area contributed by atoms with Gasteiger partial charge in [0.05, 0.1) is 6.10 Å². The normalized spacial score (nSPS) is 30.9. The van der Waals surface area contributed by atoms with Gasteiger partial charge >= 0.3 is 0 Å². The van der Waals surface area contributed by atoms with Gasteiger partial charge in [-0.3, -0.25) is 4.90 Å². The fourth-order valence-electron chi connectivity index (χ4n) is 2.18. The van der Waals surface area contributed by atoms with E-state index in [9.17, 15) is 5.11 Å². The van der Waals surface area contributed by atoms with Crippen LogP contribution in [0.15, 0.2) is 0 Å². The summed E-state index contributed by atoms with van der Waals surface area (Å²) in [6.45, 7) is 7.46. The van der Waals surface area contributed by atoms with Crippen molar-refractivity contribution >= 4 is 0 Å². The zero-order valence-corrected chi connectivity index (χ0v) is 9.16. The lowest BCUT2D eigenvalue weighted by Gasteiger charge is -2.34. The van der Waals surface area contributed by atoms with E-state index in [1.54, 1.807) is 0 Å². The third-order valence-electron chi connectivity index (χ3n) is 3.33. The Kier molecular flexibility index (Phi) is 4.20. The van der Waals surface area contributed by atoms with E-state index in [1.165, 1.54) is 25.7 Å². The molecule has 0 aromatic rings. The largest absolute Gasteiger partial charge is 0.392 e. The summed E-state index contributed by atoms with van der Waals surface area (Å²) >= 11 is 0. The van der Waals surface area contributed by atoms with Crippen LogP contribution in [0.25, 0.3) is 0 Å². The fraction of sp³-hybridized carbons (Fsp3) is 1.00. The molecule has 0 radical (unpaired) electrons. The van der Waals surface area contributed by atoms with Gasteiger partial charge in [-0.25, -0.2) is 0 Å². The van der Waals surface area contributed by atoms with Crippen LogP contribution >= 0.6 is 0 Å². The van der Waals surface area contributed by atoms with E-state index in [4.69, 9.17) is 0 Å². The molecule has 0 bridgehead atoms. The molecule has 3 unspecified atom stereocenters. The molecular formula is C11H23NO. The summed E-state index contributed by atoms with van der Waals surface area (Å²) in [5.41, 5.74) is 0. The molecule has 2 nitrogen and oxygen atoms in total. The molecule has 0 aromatic carbocycles. The molecule has 1 saturated heterocycles. The minimum absolute atomic E-state index is 0.208. The van der Waals surface area contributed by atoms with Crippen LogP contribution in [0, 0.1) is 0 Å². The Bertz CT molecular complexity index is 147. The summed E-state index contributed by atoms with van der Waals surface area (Å²) in [5, 5.41) is 9.54. The fourth-order valence-corrected chi connectivity index (χ4v) is 2.18. The number of hydrogen-bond donors (Lipinski definition) is 1. The number of likely N-dealkylation sites (tertiary alicyclic amines) is 1. The van der Waals surface area contributed by atoms with Crippen LogP contribution < -0.4 is 0 Å². The second-order valence-corrected chi connectivity index (χ2v) is 4.42. The minimum Gasteiger partial charge on any atom is -0.392 e. The van der Waals surface area contributed by atoms with Crippen molar-refractivity contribution in [2.75, 3.05) is 6.54 Å². The molecule has 78 valence electrons. The van der Waals surface area contributed by atoms with Gasteiger partial charge in [-0.05, 0) is 40.2 Å². The molecule has 1 fully saturated rings. The highest BCUT2D eigenvalue weighted by Crippen LogP contribution is 2.19. The zero-order valence-electron chi connectivity index (χ0n) is 9.16. The van der Waals surface area contributed by atoms with Crippen LogP contribution in [0.4, 0.5) is 0 Å². The van der Waals surface area contributed by atoms with Crippen molar-refractivity contribution in [3.63, 3.8) is 0 Å². The maximum Gasteiger partial charge on any atom is 0.0664 e. The van der Waals surface area contributed by atoms with Gasteiger partial charge in [0.2, 0.25) is 0 Å². The molecule has 1 heterocycles. The average Bonchev–Trinajstić information content (AvgIpc) is 2.28. The van der Waals surface area contributed by atoms with Gasteiger partial charge in [-0.15, -0.1) is 0 Å². The molecule has 0 aromatic heterocycles. The molecule has 0 aliphatic carbocycles. The first-order valence-electron chi connectivity index (χ1n) is 5.56. The molecular weight excluding hydrogens is 162 g/mol. The Labute approximate surface area is 81.9 Å². The number of nitrogens with zero attached hydrogens (tertiary/aromatic N) is 1. The summed E-state index contributed by atoms with van der Waals surface area (Å²) in [5.74, 6) is 0. The van der Waals surface area contributed by atoms with Crippen LogP contribution in [0.1, 0.15) is 46.5 Å². The number of hydrogen-bond acceptors (Lipinski definition) is 2. The smallest absolute Gasteiger partial charge is 0.0664 e. The lowest BCUT2D eigenvalue weighted by Crippen LogP contribution is -2.45. The summed E-state index contributed by atoms with van der Waals surface area (Å²) in [4.78, 5) is 2.46. The van der Waals surface area contributed by atoms with Gasteiger partial charge in [-0.1, -0.05) is 12.8 Å². The summed E-state index contributed by atoms with van der Waals surface area (Å²) < 4.78 is 0. The molecule has 3 atom stereocenters. The molecule has 13 heavy (non-hydrogen) atoms. The Morgan fingerprint density at radius 2 is 1.92 bits per heavy atom. The van der Waals surface area contributed by atoms with Crippen molar-refractivity contribution in [1.82, 2.24) is 4.90 Å². The van der Waals surface area contributed by atoms with Crippen LogP contribution in [0.5, 0.6) is 0 Å². The van der Waals surface area contributed by atoms with Crippen molar-refractivity contribution in [2.45, 2.75) is 64.6 Å². The Morgan fingerprint density at radius 1 is 1.23 bits per heavy atom. The summed E-state index contributed by atoms with van der Waals surface area (Å²) in [6.07, 6.45) is 5.08. The molecule has 1 rings (SSSR count). The maximum absolute atomic E-state index is 9.54. The molecule has 0 saturated carbocycles. The van der Waals surface area contributed by atoms with E-state index >= 15 is 0 Å². The topological polar surface area (TPSA) is 23.5 Å². The van der Waals surface area contributed by atoms with Gasteiger partial charge in [0.1, 0.15) is 0 Å². The first kappa shape index (κ1) is 11.0. The molecule has 0 amide bonds. The third-order valence-corrected chi connectivity index (χ3v) is 3.33. The molecule has 1 aliphatic heterocycles. The predicted molar refractivity (Wildman–Crippen MR) is 55.8 cm³/mol. The highest BCUT2D eigenvalue weighted by atomic mass is 16.3. The van der Waals surface area contributed by atoms with E-state index in [1.807, 2.05) is 6.92 Å². The Morgan fingerprint density at radius 3 is 2.54 bits per heavy atom. The van der Waals surface area contributed by atoms with E-state index in [0.29, 0.717) is 12.1 Å². The zero-order chi connectivity index (χ0) is 9.84. The van der Waals surface area contributed by atoms with E-state index in [2.05, 4.69) is 18.7 Å². The second kappa shape index (κ2) is 4.97. The lowest BCUT2D eigenvalue weighted by molar-refractivity contribution is 0.0493. The quantitative estimate of drug-likeness (QED) is 0.711. The first-order valence-corrected chi connectivity index (χ1v) is 5.56. The SMILES string of the molecule is CC(O)C(C)N1CCCCCC1C. The highest BCUT2D eigenvalue weighted by Gasteiger charge is 2.24. The molecule has 2 heteroatoms. The summed E-state index contributed by atoms with van der Waals surface area (Å²) in [7, 11) is 0. The summed E-state index contributed by atoms with van der Waals surface area (Å²) in [6, 6.07) is 0.959. The van der Waals surface area contributed by atoms with Crippen molar-refractivity contribution in [3.05, 3.63) is 0 Å². The Hall–Kier alpha value is -0.0800. The molecule has 1 aliphatic rings. The highest BCUT2D eigenvalue weighted by molar-refractivity contribution is 4.79. The number of aliphatic hydroxyl groups excluding tert-OH is 1. The predicted octanol–water partition coefficient (Wildman–Crippen LogP) is 2.02. The number of rotatable bonds is 2. The third kappa shape index (κ3) is 2.96. The van der Waals surface area contributed by atoms with Crippen LogP contribution in [-0.4, -0.2) is 34.7 Å². The standard InChI is InChI=1S/C11H23NO/c1-9-7-5-4-6-8-12(9)10(2)11(3)13/h9-11,13H,4-8H2,1-3H3. The van der Waals surface area contributed by atoms with E-state index in [-0.39, 0.29) is 6.10 Å². The second-order valence-electron chi connectivity index (χ2n) is 4.42. The van der Waals surface area contributed by atoms with E-state index in [0.717, 1.165) is 6.54 Å². The maximum atomic E-state index is 9.54. The number of aliphatic hydroxyl groups is 1. The van der Waals surface area contributed by atoms with Gasteiger partial charge in [-0.2, -0.15) is 0 Å². The van der Waals surface area contributed by atoms with Crippen LogP contribution in [0.3, 0.4) is 0 Å². The van der Waals surface area contributed by atoms with Crippen molar-refractivity contribution in [1.29, 1.82) is 0 Å². The van der Waals surface area contributed by atoms with Gasteiger partial charge in [0, 0.05) is 12.1 Å². The Balaban J connectivity index is 2.53. The van der Waals surface area contributed by atoms with Crippen molar-refractivity contribution in [2.24, 2.45) is 0 Å². The van der Waals surface area contributed by atoms with E-state index < -0.39 is 0 Å². The lowest BCUT2D eigenvalue weighted by atomic mass is 10.1. The van der Waals surface area contributed by atoms with Gasteiger partial charge < -0.3 is 5.11 Å². The molecule has 1 N–H and O–H groups in total.